The van der Waals surface area contributed by atoms with Crippen LogP contribution in [0, 0.1) is 0 Å². The van der Waals surface area contributed by atoms with Crippen molar-refractivity contribution in [2.75, 3.05) is 0 Å². The lowest BCUT2D eigenvalue weighted by Crippen LogP contribution is -2.58. The number of carbonyl (C=O) groups excluding carboxylic acids is 1. The Morgan fingerprint density at radius 1 is 1.27 bits per heavy atom. The molecule has 0 aromatic heterocycles. The zero-order chi connectivity index (χ0) is 22.3. The van der Waals surface area contributed by atoms with Gasteiger partial charge in [-0.05, 0) is 42.8 Å². The molecule has 0 spiro atoms. The van der Waals surface area contributed by atoms with Crippen molar-refractivity contribution in [3.63, 3.8) is 0 Å². The molecule has 2 aromatic rings. The fourth-order valence-corrected chi connectivity index (χ4v) is 3.50. The van der Waals surface area contributed by atoms with Crippen molar-refractivity contribution >= 4 is 50.8 Å². The van der Waals surface area contributed by atoms with Crippen molar-refractivity contribution in [1.29, 1.82) is 0 Å². The van der Waals surface area contributed by atoms with E-state index in [1.54, 1.807) is 12.1 Å². The van der Waals surface area contributed by atoms with Crippen LogP contribution in [0.2, 0.25) is 10.0 Å². The van der Waals surface area contributed by atoms with Gasteiger partial charge in [-0.3, -0.25) is 4.79 Å². The van der Waals surface area contributed by atoms with E-state index in [2.05, 4.69) is 21.0 Å². The Labute approximate surface area is 188 Å². The first-order valence-corrected chi connectivity index (χ1v) is 10.1. The zero-order valence-electron chi connectivity index (χ0n) is 15.3. The Kier molecular flexibility index (Phi) is 6.38. The molecular formula is C19H14BrCl2F3N2O3. The number of halogens is 6. The molecule has 0 aliphatic carbocycles. The van der Waals surface area contributed by atoms with Gasteiger partial charge in [0.2, 0.25) is 0 Å². The molecule has 1 aliphatic heterocycles. The highest BCUT2D eigenvalue weighted by molar-refractivity contribution is 9.10. The summed E-state index contributed by atoms with van der Waals surface area (Å²) in [6.45, 7) is 1.23. The molecule has 1 amide bonds. The predicted octanol–water partition coefficient (Wildman–Crippen LogP) is 5.41. The largest absolute Gasteiger partial charge is 0.479 e. The molecule has 11 heteroatoms. The summed E-state index contributed by atoms with van der Waals surface area (Å²) in [5, 5.41) is 14.6. The van der Waals surface area contributed by atoms with E-state index in [4.69, 9.17) is 27.9 Å². The van der Waals surface area contributed by atoms with Crippen LogP contribution in [-0.4, -0.2) is 39.7 Å². The summed E-state index contributed by atoms with van der Waals surface area (Å²) in [5.41, 5.74) is -3.26. The van der Waals surface area contributed by atoms with Gasteiger partial charge in [0.25, 0.3) is 11.6 Å². The van der Waals surface area contributed by atoms with Crippen molar-refractivity contribution in [3.05, 3.63) is 62.5 Å². The summed E-state index contributed by atoms with van der Waals surface area (Å²) >= 11 is 15.0. The number of benzene rings is 2. The van der Waals surface area contributed by atoms with Gasteiger partial charge in [-0.15, -0.1) is 0 Å². The number of nitrogens with zero attached hydrogens (tertiary/aromatic N) is 2. The molecule has 0 saturated heterocycles. The number of aliphatic hydroxyl groups is 1. The topological polar surface area (TPSA) is 62.1 Å². The third-order valence-electron chi connectivity index (χ3n) is 4.37. The number of rotatable bonds is 4. The first kappa shape index (κ1) is 22.9. The van der Waals surface area contributed by atoms with Crippen LogP contribution in [0.5, 0.6) is 5.75 Å². The maximum atomic E-state index is 13.7. The highest BCUT2D eigenvalue weighted by Gasteiger charge is 2.63. The number of hydrogen-bond acceptors (Lipinski definition) is 4. The molecule has 1 N–H and O–H groups in total. The quantitative estimate of drug-likeness (QED) is 0.580. The van der Waals surface area contributed by atoms with E-state index in [1.165, 1.54) is 37.3 Å². The standard InChI is InChI=1S/C19H14BrCl2F3N2O3/c1-10(30-16-7-6-13(21)8-14(16)22)17(28)27-18(29,19(23,24)25)9-15(26-27)11-2-4-12(20)5-3-11/h2-8,10,29H,9H2,1H3. The first-order valence-electron chi connectivity index (χ1n) is 8.50. The summed E-state index contributed by atoms with van der Waals surface area (Å²) < 4.78 is 47.2. The molecule has 0 saturated carbocycles. The number of alkyl halides is 3. The van der Waals surface area contributed by atoms with Gasteiger partial charge in [0, 0.05) is 9.50 Å². The summed E-state index contributed by atoms with van der Waals surface area (Å²) in [7, 11) is 0. The zero-order valence-corrected chi connectivity index (χ0v) is 18.3. The fraction of sp³-hybridized carbons (Fsp3) is 0.263. The molecular weight excluding hydrogens is 512 g/mol. The second-order valence-corrected chi connectivity index (χ2v) is 8.29. The Hall–Kier alpha value is -1.81. The summed E-state index contributed by atoms with van der Waals surface area (Å²) in [5.74, 6) is -1.14. The van der Waals surface area contributed by atoms with E-state index >= 15 is 0 Å². The SMILES string of the molecule is CC(Oc1ccc(Cl)cc1Cl)C(=O)N1N=C(c2ccc(Br)cc2)CC1(O)C(F)(F)F. The molecule has 0 fully saturated rings. The number of amides is 1. The smallest absolute Gasteiger partial charge is 0.438 e. The minimum Gasteiger partial charge on any atom is -0.479 e. The molecule has 160 valence electrons. The van der Waals surface area contributed by atoms with E-state index < -0.39 is 30.3 Å². The van der Waals surface area contributed by atoms with Gasteiger partial charge in [0.1, 0.15) is 5.75 Å². The molecule has 0 radical (unpaired) electrons. The van der Waals surface area contributed by atoms with Crippen LogP contribution in [0.1, 0.15) is 18.9 Å². The van der Waals surface area contributed by atoms with Gasteiger partial charge in [0.05, 0.1) is 17.2 Å². The maximum absolute atomic E-state index is 13.7. The molecule has 0 bridgehead atoms. The van der Waals surface area contributed by atoms with E-state index in [0.29, 0.717) is 15.1 Å². The molecule has 3 rings (SSSR count). The van der Waals surface area contributed by atoms with Crippen LogP contribution < -0.4 is 4.74 Å². The average molecular weight is 526 g/mol. The van der Waals surface area contributed by atoms with Crippen LogP contribution in [-0.2, 0) is 4.79 Å². The van der Waals surface area contributed by atoms with Gasteiger partial charge in [-0.1, -0.05) is 51.3 Å². The molecule has 30 heavy (non-hydrogen) atoms. The molecule has 2 aromatic carbocycles. The number of hydrogen-bond donors (Lipinski definition) is 1. The second-order valence-electron chi connectivity index (χ2n) is 6.53. The van der Waals surface area contributed by atoms with Gasteiger partial charge in [-0.2, -0.15) is 23.3 Å². The Morgan fingerprint density at radius 3 is 2.47 bits per heavy atom. The normalized spacial score (nSPS) is 20.1. The molecule has 5 nitrogen and oxygen atoms in total. The van der Waals surface area contributed by atoms with Crippen LogP contribution in [0.4, 0.5) is 13.2 Å². The van der Waals surface area contributed by atoms with Crippen molar-refractivity contribution in [3.8, 4) is 5.75 Å². The highest BCUT2D eigenvalue weighted by atomic mass is 79.9. The Bertz CT molecular complexity index is 1000. The molecule has 2 unspecified atom stereocenters. The minimum atomic E-state index is -5.15. The van der Waals surface area contributed by atoms with Crippen molar-refractivity contribution in [2.24, 2.45) is 5.10 Å². The molecule has 1 heterocycles. The van der Waals surface area contributed by atoms with Crippen molar-refractivity contribution in [2.45, 2.75) is 31.3 Å². The monoisotopic (exact) mass is 524 g/mol. The van der Waals surface area contributed by atoms with Crippen LogP contribution in [0.15, 0.2) is 52.0 Å². The van der Waals surface area contributed by atoms with Crippen LogP contribution in [0.3, 0.4) is 0 Å². The van der Waals surface area contributed by atoms with Gasteiger partial charge >= 0.3 is 6.18 Å². The summed E-state index contributed by atoms with van der Waals surface area (Å²) in [4.78, 5) is 12.8. The maximum Gasteiger partial charge on any atom is 0.438 e. The summed E-state index contributed by atoms with van der Waals surface area (Å²) in [6.07, 6.45) is -7.50. The van der Waals surface area contributed by atoms with Gasteiger partial charge in [-0.25, -0.2) is 0 Å². The lowest BCUT2D eigenvalue weighted by atomic mass is 10.0. The average Bonchev–Trinajstić information content (AvgIpc) is 3.02. The summed E-state index contributed by atoms with van der Waals surface area (Å²) in [6, 6.07) is 10.5. The van der Waals surface area contributed by atoms with E-state index in [0.717, 1.165) is 0 Å². The van der Waals surface area contributed by atoms with E-state index in [9.17, 15) is 23.1 Å². The van der Waals surface area contributed by atoms with Gasteiger partial charge in [0.15, 0.2) is 6.10 Å². The van der Waals surface area contributed by atoms with Crippen molar-refractivity contribution < 1.29 is 27.8 Å². The number of carbonyl (C=O) groups is 1. The van der Waals surface area contributed by atoms with Gasteiger partial charge < -0.3 is 9.84 Å². The van der Waals surface area contributed by atoms with E-state index in [1.807, 2.05) is 0 Å². The van der Waals surface area contributed by atoms with Crippen LogP contribution >= 0.6 is 39.1 Å². The Morgan fingerprint density at radius 2 is 1.90 bits per heavy atom. The van der Waals surface area contributed by atoms with Crippen LogP contribution in [0.25, 0.3) is 0 Å². The lowest BCUT2D eigenvalue weighted by molar-refractivity contribution is -0.303. The Balaban J connectivity index is 1.92. The third-order valence-corrected chi connectivity index (χ3v) is 5.43. The fourth-order valence-electron chi connectivity index (χ4n) is 2.78. The second kappa shape index (κ2) is 8.37. The van der Waals surface area contributed by atoms with Crippen molar-refractivity contribution in [1.82, 2.24) is 5.01 Å². The van der Waals surface area contributed by atoms with E-state index in [-0.39, 0.29) is 21.5 Å². The third kappa shape index (κ3) is 4.44. The number of ether oxygens (including phenoxy) is 1. The lowest BCUT2D eigenvalue weighted by Gasteiger charge is -2.33. The predicted molar refractivity (Wildman–Crippen MR) is 110 cm³/mol. The highest BCUT2D eigenvalue weighted by Crippen LogP contribution is 2.42. The molecule has 2 atom stereocenters. The first-order chi connectivity index (χ1) is 13.9. The number of hydrazone groups is 1. The minimum absolute atomic E-state index is 0.0267. The molecule has 1 aliphatic rings.